The monoisotopic (exact) mass is 306 g/mol. The van der Waals surface area contributed by atoms with Crippen LogP contribution < -0.4 is 0 Å². The minimum absolute atomic E-state index is 0.163. The number of amides is 1. The maximum atomic E-state index is 12.5. The first-order chi connectivity index (χ1) is 10.3. The Bertz CT molecular complexity index is 474. The van der Waals surface area contributed by atoms with Crippen molar-refractivity contribution in [3.8, 4) is 0 Å². The molecule has 0 N–H and O–H groups in total. The van der Waals surface area contributed by atoms with E-state index in [-0.39, 0.29) is 5.91 Å². The molecule has 2 fully saturated rings. The van der Waals surface area contributed by atoms with Crippen molar-refractivity contribution in [3.63, 3.8) is 0 Å². The predicted molar refractivity (Wildman–Crippen MR) is 85.7 cm³/mol. The zero-order valence-corrected chi connectivity index (χ0v) is 13.2. The van der Waals surface area contributed by atoms with Gasteiger partial charge in [0.2, 0.25) is 0 Å². The lowest BCUT2D eigenvalue weighted by atomic mass is 10.0. The molecule has 0 unspecified atom stereocenters. The van der Waals surface area contributed by atoms with Crippen LogP contribution in [0.3, 0.4) is 0 Å². The number of carbonyl (C=O) groups excluding carboxylic acids is 1. The summed E-state index contributed by atoms with van der Waals surface area (Å²) in [5.41, 5.74) is 1.84. The molecule has 1 aromatic rings. The first-order valence-corrected chi connectivity index (χ1v) is 8.49. The molecule has 0 radical (unpaired) electrons. The van der Waals surface area contributed by atoms with Gasteiger partial charge in [0.1, 0.15) is 0 Å². The maximum absolute atomic E-state index is 12.5. The van der Waals surface area contributed by atoms with Crippen LogP contribution in [0.2, 0.25) is 0 Å². The topological polar surface area (TPSA) is 23.6 Å². The standard InChI is InChI=1S/C17H23ClN2O/c18-13-14-3-5-15(6-4-14)17(21)20-11-7-16(8-12-20)19-9-1-2-10-19/h3-6,16H,1-2,7-13H2. The molecule has 0 atom stereocenters. The Balaban J connectivity index is 1.56. The highest BCUT2D eigenvalue weighted by atomic mass is 35.5. The second-order valence-corrected chi connectivity index (χ2v) is 6.36. The molecule has 1 amide bonds. The van der Waals surface area contributed by atoms with Crippen LogP contribution >= 0.6 is 11.6 Å². The fourth-order valence-corrected chi connectivity index (χ4v) is 3.64. The van der Waals surface area contributed by atoms with Crippen LogP contribution in [-0.4, -0.2) is 47.9 Å². The fraction of sp³-hybridized carbons (Fsp3) is 0.588. The van der Waals surface area contributed by atoms with E-state index in [1.807, 2.05) is 29.2 Å². The molecule has 0 spiro atoms. The van der Waals surface area contributed by atoms with E-state index < -0.39 is 0 Å². The molecule has 3 nitrogen and oxygen atoms in total. The summed E-state index contributed by atoms with van der Waals surface area (Å²) in [4.78, 5) is 17.1. The minimum Gasteiger partial charge on any atom is -0.339 e. The summed E-state index contributed by atoms with van der Waals surface area (Å²) in [7, 11) is 0. The van der Waals surface area contributed by atoms with E-state index in [9.17, 15) is 4.79 Å². The van der Waals surface area contributed by atoms with Crippen LogP contribution in [0.25, 0.3) is 0 Å². The quantitative estimate of drug-likeness (QED) is 0.801. The Morgan fingerprint density at radius 1 is 1.05 bits per heavy atom. The van der Waals surface area contributed by atoms with Crippen LogP contribution in [0.1, 0.15) is 41.6 Å². The van der Waals surface area contributed by atoms with E-state index in [0.717, 1.165) is 37.1 Å². The average Bonchev–Trinajstić information content (AvgIpc) is 3.09. The zero-order valence-electron chi connectivity index (χ0n) is 12.4. The van der Waals surface area contributed by atoms with E-state index in [4.69, 9.17) is 11.6 Å². The molecule has 1 aromatic carbocycles. The van der Waals surface area contributed by atoms with Gasteiger partial charge in [-0.2, -0.15) is 0 Å². The summed E-state index contributed by atoms with van der Waals surface area (Å²) in [5.74, 6) is 0.659. The Kier molecular flexibility index (Phi) is 4.81. The molecule has 2 aliphatic heterocycles. The van der Waals surface area contributed by atoms with Gasteiger partial charge in [0.05, 0.1) is 0 Å². The number of likely N-dealkylation sites (tertiary alicyclic amines) is 2. The van der Waals surface area contributed by atoms with E-state index >= 15 is 0 Å². The number of benzene rings is 1. The smallest absolute Gasteiger partial charge is 0.253 e. The molecule has 0 aromatic heterocycles. The maximum Gasteiger partial charge on any atom is 0.253 e. The number of nitrogens with zero attached hydrogens (tertiary/aromatic N) is 2. The number of piperidine rings is 1. The Morgan fingerprint density at radius 3 is 2.24 bits per heavy atom. The van der Waals surface area contributed by atoms with Gasteiger partial charge in [-0.3, -0.25) is 4.79 Å². The molecule has 0 aliphatic carbocycles. The SMILES string of the molecule is O=C(c1ccc(CCl)cc1)N1CCC(N2CCCC2)CC1. The second kappa shape index (κ2) is 6.80. The molecule has 3 rings (SSSR count). The van der Waals surface area contributed by atoms with Crippen LogP contribution in [0.5, 0.6) is 0 Å². The van der Waals surface area contributed by atoms with Crippen molar-refractivity contribution in [1.29, 1.82) is 0 Å². The second-order valence-electron chi connectivity index (χ2n) is 6.10. The van der Waals surface area contributed by atoms with Crippen molar-refractivity contribution < 1.29 is 4.79 Å². The number of hydrogen-bond donors (Lipinski definition) is 0. The predicted octanol–water partition coefficient (Wildman–Crippen LogP) is 3.13. The average molecular weight is 307 g/mol. The highest BCUT2D eigenvalue weighted by molar-refractivity contribution is 6.17. The Labute approximate surface area is 131 Å². The summed E-state index contributed by atoms with van der Waals surface area (Å²) < 4.78 is 0. The summed E-state index contributed by atoms with van der Waals surface area (Å²) >= 11 is 5.79. The lowest BCUT2D eigenvalue weighted by Gasteiger charge is -2.36. The number of hydrogen-bond acceptors (Lipinski definition) is 2. The van der Waals surface area contributed by atoms with Gasteiger partial charge < -0.3 is 9.80 Å². The van der Waals surface area contributed by atoms with Crippen LogP contribution in [0, 0.1) is 0 Å². The molecule has 2 aliphatic rings. The third kappa shape index (κ3) is 3.41. The third-order valence-corrected chi connectivity index (χ3v) is 5.07. The third-order valence-electron chi connectivity index (χ3n) is 4.76. The number of rotatable bonds is 3. The van der Waals surface area contributed by atoms with E-state index in [0.29, 0.717) is 11.9 Å². The molecule has 4 heteroatoms. The summed E-state index contributed by atoms with van der Waals surface area (Å²) in [6, 6.07) is 8.36. The van der Waals surface area contributed by atoms with E-state index in [1.165, 1.54) is 25.9 Å². The summed E-state index contributed by atoms with van der Waals surface area (Å²) in [5, 5.41) is 0. The molecule has 0 saturated carbocycles. The van der Waals surface area contributed by atoms with Crippen molar-refractivity contribution in [2.75, 3.05) is 26.2 Å². The van der Waals surface area contributed by atoms with Crippen molar-refractivity contribution in [2.45, 2.75) is 37.6 Å². The molecular formula is C17H23ClN2O. The molecule has 21 heavy (non-hydrogen) atoms. The fourth-order valence-electron chi connectivity index (χ4n) is 3.46. The molecular weight excluding hydrogens is 284 g/mol. The van der Waals surface area contributed by atoms with Gasteiger partial charge in [-0.25, -0.2) is 0 Å². The van der Waals surface area contributed by atoms with Crippen LogP contribution in [-0.2, 0) is 5.88 Å². The normalized spacial score (nSPS) is 20.9. The molecule has 0 bridgehead atoms. The highest BCUT2D eigenvalue weighted by Crippen LogP contribution is 2.22. The Hall–Kier alpha value is -1.06. The summed E-state index contributed by atoms with van der Waals surface area (Å²) in [6.45, 7) is 4.27. The van der Waals surface area contributed by atoms with E-state index in [1.54, 1.807) is 0 Å². The Morgan fingerprint density at radius 2 is 1.67 bits per heavy atom. The zero-order chi connectivity index (χ0) is 14.7. The van der Waals surface area contributed by atoms with Gasteiger partial charge in [-0.15, -0.1) is 11.6 Å². The molecule has 2 saturated heterocycles. The first kappa shape index (κ1) is 14.9. The van der Waals surface area contributed by atoms with Gasteiger partial charge in [0, 0.05) is 30.6 Å². The van der Waals surface area contributed by atoms with Crippen LogP contribution in [0.4, 0.5) is 0 Å². The number of alkyl halides is 1. The van der Waals surface area contributed by atoms with E-state index in [2.05, 4.69) is 4.90 Å². The van der Waals surface area contributed by atoms with Gasteiger partial charge in [0.15, 0.2) is 0 Å². The highest BCUT2D eigenvalue weighted by Gasteiger charge is 2.28. The van der Waals surface area contributed by atoms with Gasteiger partial charge in [0.25, 0.3) is 5.91 Å². The van der Waals surface area contributed by atoms with Crippen molar-refractivity contribution >= 4 is 17.5 Å². The van der Waals surface area contributed by atoms with Crippen LogP contribution in [0.15, 0.2) is 24.3 Å². The molecule has 2 heterocycles. The largest absolute Gasteiger partial charge is 0.339 e. The number of halogens is 1. The van der Waals surface area contributed by atoms with Crippen molar-refractivity contribution in [3.05, 3.63) is 35.4 Å². The lowest BCUT2D eigenvalue weighted by Crippen LogP contribution is -2.45. The van der Waals surface area contributed by atoms with Gasteiger partial charge in [-0.1, -0.05) is 12.1 Å². The van der Waals surface area contributed by atoms with Gasteiger partial charge >= 0.3 is 0 Å². The molecule has 114 valence electrons. The summed E-state index contributed by atoms with van der Waals surface area (Å²) in [6.07, 6.45) is 4.91. The lowest BCUT2D eigenvalue weighted by molar-refractivity contribution is 0.0644. The minimum atomic E-state index is 0.163. The van der Waals surface area contributed by atoms with Crippen molar-refractivity contribution in [1.82, 2.24) is 9.80 Å². The number of carbonyl (C=O) groups is 1. The first-order valence-electron chi connectivity index (χ1n) is 7.96. The van der Waals surface area contributed by atoms with Crippen molar-refractivity contribution in [2.24, 2.45) is 0 Å². The van der Waals surface area contributed by atoms with Gasteiger partial charge in [-0.05, 0) is 56.5 Å².